The molecular formula is C20H40N2O2. The molecule has 1 aliphatic carbocycles. The Balaban J connectivity index is 2.46. The van der Waals surface area contributed by atoms with Crippen LogP contribution in [0.25, 0.3) is 0 Å². The third-order valence-corrected chi connectivity index (χ3v) is 4.77. The number of carbonyl (C=O) groups excluding carboxylic acids is 1. The molecule has 0 radical (unpaired) electrons. The maximum absolute atomic E-state index is 12.7. The summed E-state index contributed by atoms with van der Waals surface area (Å²) in [4.78, 5) is 14.7. The molecule has 1 fully saturated rings. The number of amides is 2. The van der Waals surface area contributed by atoms with Crippen molar-refractivity contribution < 1.29 is 9.90 Å². The first kappa shape index (κ1) is 21.3. The molecule has 1 aliphatic rings. The van der Waals surface area contributed by atoms with Gasteiger partial charge < -0.3 is 15.3 Å². The van der Waals surface area contributed by atoms with Crippen LogP contribution in [-0.4, -0.2) is 41.3 Å². The minimum atomic E-state index is -0.381. The summed E-state index contributed by atoms with van der Waals surface area (Å²) >= 11 is 0. The normalized spacial score (nSPS) is 21.5. The Bertz CT molecular complexity index is 352. The molecule has 1 rings (SSSR count). The van der Waals surface area contributed by atoms with E-state index in [9.17, 15) is 9.90 Å². The van der Waals surface area contributed by atoms with Gasteiger partial charge in [-0.05, 0) is 24.7 Å². The molecule has 2 amide bonds. The van der Waals surface area contributed by atoms with Gasteiger partial charge in [0.2, 0.25) is 0 Å². The third-order valence-electron chi connectivity index (χ3n) is 4.77. The second kappa shape index (κ2) is 11.0. The standard InChI is InChI=1S/C20H40N2O2/c1-5-6-7-8-9-12-15-22(16-20(2,3)4)19(24)21-17-13-10-11-14-18(17)23/h17-18,23H,5-16H2,1-4H3,(H,21,24)/t17-,18-/m0/s1. The van der Waals surface area contributed by atoms with Crippen molar-refractivity contribution in [2.45, 2.75) is 104 Å². The van der Waals surface area contributed by atoms with Crippen molar-refractivity contribution in [3.05, 3.63) is 0 Å². The van der Waals surface area contributed by atoms with Gasteiger partial charge in [0.15, 0.2) is 0 Å². The van der Waals surface area contributed by atoms with E-state index in [4.69, 9.17) is 0 Å². The van der Waals surface area contributed by atoms with E-state index in [0.29, 0.717) is 0 Å². The van der Waals surface area contributed by atoms with Crippen molar-refractivity contribution in [1.82, 2.24) is 10.2 Å². The Morgan fingerprint density at radius 2 is 1.71 bits per heavy atom. The first-order valence-corrected chi connectivity index (χ1v) is 10.1. The third kappa shape index (κ3) is 8.91. The van der Waals surface area contributed by atoms with E-state index in [2.05, 4.69) is 33.0 Å². The molecule has 0 bridgehead atoms. The van der Waals surface area contributed by atoms with Crippen LogP contribution in [0.5, 0.6) is 0 Å². The molecule has 1 saturated carbocycles. The van der Waals surface area contributed by atoms with Crippen LogP contribution in [0, 0.1) is 5.41 Å². The van der Waals surface area contributed by atoms with Gasteiger partial charge in [0.25, 0.3) is 0 Å². The van der Waals surface area contributed by atoms with Gasteiger partial charge in [-0.1, -0.05) is 72.6 Å². The number of hydrogen-bond donors (Lipinski definition) is 2. The highest BCUT2D eigenvalue weighted by atomic mass is 16.3. The molecule has 2 atom stereocenters. The van der Waals surface area contributed by atoms with E-state index < -0.39 is 0 Å². The minimum Gasteiger partial charge on any atom is -0.391 e. The van der Waals surface area contributed by atoms with Gasteiger partial charge in [0, 0.05) is 13.1 Å². The lowest BCUT2D eigenvalue weighted by Gasteiger charge is -2.34. The van der Waals surface area contributed by atoms with Crippen LogP contribution in [0.1, 0.15) is 91.9 Å². The first-order valence-electron chi connectivity index (χ1n) is 10.1. The molecule has 0 unspecified atom stereocenters. The zero-order valence-corrected chi connectivity index (χ0v) is 16.4. The van der Waals surface area contributed by atoms with Gasteiger partial charge in [-0.2, -0.15) is 0 Å². The molecule has 2 N–H and O–H groups in total. The predicted octanol–water partition coefficient (Wildman–Crippen LogP) is 4.71. The molecule has 142 valence electrons. The SMILES string of the molecule is CCCCCCCCN(CC(C)(C)C)C(=O)N[C@H]1CCCC[C@@H]1O. The van der Waals surface area contributed by atoms with Crippen LogP contribution in [-0.2, 0) is 0 Å². The zero-order valence-electron chi connectivity index (χ0n) is 16.4. The van der Waals surface area contributed by atoms with Crippen LogP contribution in [0.2, 0.25) is 0 Å². The summed E-state index contributed by atoms with van der Waals surface area (Å²) in [5.41, 5.74) is 0.0880. The second-order valence-electron chi connectivity index (χ2n) is 8.66. The number of unbranched alkanes of at least 4 members (excludes halogenated alkanes) is 5. The zero-order chi connectivity index (χ0) is 18.0. The number of rotatable bonds is 9. The Morgan fingerprint density at radius 1 is 1.08 bits per heavy atom. The van der Waals surface area contributed by atoms with Gasteiger partial charge in [-0.15, -0.1) is 0 Å². The Kier molecular flexibility index (Phi) is 9.72. The summed E-state index contributed by atoms with van der Waals surface area (Å²) < 4.78 is 0. The monoisotopic (exact) mass is 340 g/mol. The maximum Gasteiger partial charge on any atom is 0.317 e. The molecule has 0 saturated heterocycles. The molecule has 0 aliphatic heterocycles. The smallest absolute Gasteiger partial charge is 0.317 e. The van der Waals surface area contributed by atoms with Crippen molar-refractivity contribution in [3.8, 4) is 0 Å². The van der Waals surface area contributed by atoms with Crippen LogP contribution in [0.3, 0.4) is 0 Å². The minimum absolute atomic E-state index is 0.00410. The number of hydrogen-bond acceptors (Lipinski definition) is 2. The first-order chi connectivity index (χ1) is 11.3. The Hall–Kier alpha value is -0.770. The van der Waals surface area contributed by atoms with Crippen LogP contribution >= 0.6 is 0 Å². The average Bonchev–Trinajstić information content (AvgIpc) is 2.50. The fourth-order valence-electron chi connectivity index (χ4n) is 3.44. The summed E-state index contributed by atoms with van der Waals surface area (Å²) in [6.45, 7) is 10.3. The molecule has 0 spiro atoms. The highest BCUT2D eigenvalue weighted by Crippen LogP contribution is 2.20. The van der Waals surface area contributed by atoms with E-state index in [1.165, 1.54) is 32.1 Å². The van der Waals surface area contributed by atoms with E-state index in [1.807, 2.05) is 4.90 Å². The molecule has 4 nitrogen and oxygen atoms in total. The number of urea groups is 1. The second-order valence-corrected chi connectivity index (χ2v) is 8.66. The number of aliphatic hydroxyl groups is 1. The lowest BCUT2D eigenvalue weighted by atomic mass is 9.92. The summed E-state index contributed by atoms with van der Waals surface area (Å²) in [5, 5.41) is 13.2. The Labute approximate surface area is 149 Å². The van der Waals surface area contributed by atoms with E-state index >= 15 is 0 Å². The number of nitrogens with one attached hydrogen (secondary N) is 1. The van der Waals surface area contributed by atoms with Crippen LogP contribution in [0.15, 0.2) is 0 Å². The molecule has 0 aromatic carbocycles. The molecule has 24 heavy (non-hydrogen) atoms. The summed E-state index contributed by atoms with van der Waals surface area (Å²) in [5.74, 6) is 0. The average molecular weight is 341 g/mol. The van der Waals surface area contributed by atoms with Gasteiger partial charge in [0.1, 0.15) is 0 Å². The summed E-state index contributed by atoms with van der Waals surface area (Å²) in [6.07, 6.45) is 10.9. The summed E-state index contributed by atoms with van der Waals surface area (Å²) in [7, 11) is 0. The number of aliphatic hydroxyl groups excluding tert-OH is 1. The van der Waals surface area contributed by atoms with Gasteiger partial charge >= 0.3 is 6.03 Å². The van der Waals surface area contributed by atoms with Gasteiger partial charge in [-0.3, -0.25) is 0 Å². The van der Waals surface area contributed by atoms with Gasteiger partial charge in [-0.25, -0.2) is 4.79 Å². The molecule has 0 aromatic rings. The van der Waals surface area contributed by atoms with Crippen molar-refractivity contribution in [1.29, 1.82) is 0 Å². The summed E-state index contributed by atoms with van der Waals surface area (Å²) in [6, 6.07) is -0.0669. The van der Waals surface area contributed by atoms with E-state index in [-0.39, 0.29) is 23.6 Å². The fraction of sp³-hybridized carbons (Fsp3) is 0.950. The number of nitrogens with zero attached hydrogens (tertiary/aromatic N) is 1. The van der Waals surface area contributed by atoms with Crippen molar-refractivity contribution >= 4 is 6.03 Å². The maximum atomic E-state index is 12.7. The van der Waals surface area contributed by atoms with Crippen molar-refractivity contribution in [2.24, 2.45) is 5.41 Å². The van der Waals surface area contributed by atoms with E-state index in [1.54, 1.807) is 0 Å². The van der Waals surface area contributed by atoms with E-state index in [0.717, 1.165) is 45.2 Å². The van der Waals surface area contributed by atoms with Crippen LogP contribution < -0.4 is 5.32 Å². The van der Waals surface area contributed by atoms with Crippen LogP contribution in [0.4, 0.5) is 4.79 Å². The van der Waals surface area contributed by atoms with Gasteiger partial charge in [0.05, 0.1) is 12.1 Å². The highest BCUT2D eigenvalue weighted by molar-refractivity contribution is 5.74. The molecule has 4 heteroatoms. The fourth-order valence-corrected chi connectivity index (χ4v) is 3.44. The lowest BCUT2D eigenvalue weighted by molar-refractivity contribution is 0.0877. The Morgan fingerprint density at radius 3 is 2.33 bits per heavy atom. The lowest BCUT2D eigenvalue weighted by Crippen LogP contribution is -2.52. The van der Waals surface area contributed by atoms with Crippen molar-refractivity contribution in [2.75, 3.05) is 13.1 Å². The highest BCUT2D eigenvalue weighted by Gasteiger charge is 2.27. The topological polar surface area (TPSA) is 52.6 Å². The van der Waals surface area contributed by atoms with Crippen molar-refractivity contribution in [3.63, 3.8) is 0 Å². The predicted molar refractivity (Wildman–Crippen MR) is 101 cm³/mol. The molecule has 0 aromatic heterocycles. The molecule has 0 heterocycles. The largest absolute Gasteiger partial charge is 0.391 e. The molecular weight excluding hydrogens is 300 g/mol. The number of carbonyl (C=O) groups is 1. The quantitative estimate of drug-likeness (QED) is 0.597.